The molecule has 144 valence electrons. The van der Waals surface area contributed by atoms with Crippen molar-refractivity contribution in [2.45, 2.75) is 31.2 Å². The molecule has 5 rings (SSSR count). The zero-order chi connectivity index (χ0) is 19.3. The highest BCUT2D eigenvalue weighted by Gasteiger charge is 2.50. The molecule has 0 spiro atoms. The molecule has 1 N–H and O–H groups in total. The van der Waals surface area contributed by atoms with E-state index < -0.39 is 18.1 Å². The predicted octanol–water partition coefficient (Wildman–Crippen LogP) is 4.12. The maximum absolute atomic E-state index is 12.8. The Kier molecular flexibility index (Phi) is 4.11. The van der Waals surface area contributed by atoms with E-state index in [4.69, 9.17) is 4.74 Å². The standard InChI is InChI=1S/C23H23NO4/c25-22(26)21-15-11-5-6-14(15)12-24(21)23(27)28-13-20-18-9-3-1-7-16(18)17-8-2-4-10-19(17)20/h1-4,7-10,14-15,20-21H,5-6,11-13H2,(H,25,26)/t14-,15-,21-/m0/s1. The average molecular weight is 377 g/mol. The van der Waals surface area contributed by atoms with Crippen LogP contribution in [0.15, 0.2) is 48.5 Å². The third-order valence-electron chi connectivity index (χ3n) is 6.71. The number of amides is 1. The number of benzene rings is 2. The summed E-state index contributed by atoms with van der Waals surface area (Å²) in [6.45, 7) is 0.726. The van der Waals surface area contributed by atoms with E-state index in [-0.39, 0.29) is 18.4 Å². The van der Waals surface area contributed by atoms with Crippen LogP contribution in [0.4, 0.5) is 4.79 Å². The second kappa shape index (κ2) is 6.66. The summed E-state index contributed by atoms with van der Waals surface area (Å²) in [7, 11) is 0. The minimum atomic E-state index is -0.914. The van der Waals surface area contributed by atoms with Crippen molar-refractivity contribution in [3.8, 4) is 11.1 Å². The largest absolute Gasteiger partial charge is 0.480 e. The summed E-state index contributed by atoms with van der Waals surface area (Å²) in [5, 5.41) is 9.67. The molecule has 2 aromatic carbocycles. The van der Waals surface area contributed by atoms with Crippen molar-refractivity contribution in [3.05, 3.63) is 59.7 Å². The smallest absolute Gasteiger partial charge is 0.410 e. The summed E-state index contributed by atoms with van der Waals surface area (Å²) in [6.07, 6.45) is 2.44. The van der Waals surface area contributed by atoms with E-state index in [1.807, 2.05) is 24.3 Å². The second-order valence-electron chi connectivity index (χ2n) is 8.09. The van der Waals surface area contributed by atoms with Crippen LogP contribution in [-0.4, -0.2) is 41.3 Å². The van der Waals surface area contributed by atoms with Gasteiger partial charge in [0.2, 0.25) is 0 Å². The van der Waals surface area contributed by atoms with Crippen molar-refractivity contribution in [3.63, 3.8) is 0 Å². The van der Waals surface area contributed by atoms with Gasteiger partial charge >= 0.3 is 12.1 Å². The van der Waals surface area contributed by atoms with E-state index in [2.05, 4.69) is 24.3 Å². The topological polar surface area (TPSA) is 66.8 Å². The summed E-state index contributed by atoms with van der Waals surface area (Å²) in [6, 6.07) is 15.6. The fraction of sp³-hybridized carbons (Fsp3) is 0.391. The van der Waals surface area contributed by atoms with Gasteiger partial charge in [-0.3, -0.25) is 4.90 Å². The Bertz CT molecular complexity index is 894. The first-order chi connectivity index (χ1) is 13.6. The van der Waals surface area contributed by atoms with Gasteiger partial charge in [0, 0.05) is 12.5 Å². The summed E-state index contributed by atoms with van der Waals surface area (Å²) in [5.74, 6) is -0.566. The van der Waals surface area contributed by atoms with Gasteiger partial charge in [-0.15, -0.1) is 0 Å². The molecule has 0 unspecified atom stereocenters. The van der Waals surface area contributed by atoms with E-state index >= 15 is 0 Å². The third kappa shape index (κ3) is 2.60. The minimum Gasteiger partial charge on any atom is -0.480 e. The van der Waals surface area contributed by atoms with Gasteiger partial charge in [0.05, 0.1) is 0 Å². The van der Waals surface area contributed by atoms with E-state index in [0.29, 0.717) is 12.5 Å². The normalized spacial score (nSPS) is 25.3. The fourth-order valence-electron chi connectivity index (χ4n) is 5.49. The van der Waals surface area contributed by atoms with Crippen LogP contribution in [0.25, 0.3) is 11.1 Å². The molecule has 0 aromatic heterocycles. The average Bonchev–Trinajstić information content (AvgIpc) is 3.37. The number of ether oxygens (including phenoxy) is 1. The van der Waals surface area contributed by atoms with Gasteiger partial charge in [0.15, 0.2) is 0 Å². The number of hydrogen-bond acceptors (Lipinski definition) is 3. The van der Waals surface area contributed by atoms with Crippen LogP contribution >= 0.6 is 0 Å². The van der Waals surface area contributed by atoms with Crippen LogP contribution in [0.2, 0.25) is 0 Å². The van der Waals surface area contributed by atoms with Crippen molar-refractivity contribution >= 4 is 12.1 Å². The van der Waals surface area contributed by atoms with Crippen molar-refractivity contribution < 1.29 is 19.4 Å². The molecule has 1 saturated carbocycles. The molecule has 1 amide bonds. The predicted molar refractivity (Wildman–Crippen MR) is 104 cm³/mol. The Hall–Kier alpha value is -2.82. The Labute approximate surface area is 163 Å². The summed E-state index contributed by atoms with van der Waals surface area (Å²) in [5.41, 5.74) is 4.67. The van der Waals surface area contributed by atoms with Crippen LogP contribution in [0.3, 0.4) is 0 Å². The lowest BCUT2D eigenvalue weighted by atomic mass is 9.94. The molecule has 3 aliphatic rings. The van der Waals surface area contributed by atoms with Crippen LogP contribution in [0.1, 0.15) is 36.3 Å². The highest BCUT2D eigenvalue weighted by molar-refractivity contribution is 5.82. The molecule has 2 aromatic rings. The molecule has 28 heavy (non-hydrogen) atoms. The van der Waals surface area contributed by atoms with Gasteiger partial charge in [0.25, 0.3) is 0 Å². The number of carboxylic acids is 1. The van der Waals surface area contributed by atoms with Crippen molar-refractivity contribution in [2.75, 3.05) is 13.2 Å². The molecule has 1 aliphatic heterocycles. The summed E-state index contributed by atoms with van der Waals surface area (Å²) < 4.78 is 5.69. The molecule has 1 saturated heterocycles. The molecular weight excluding hydrogens is 354 g/mol. The van der Waals surface area contributed by atoms with Crippen LogP contribution in [-0.2, 0) is 9.53 Å². The first-order valence-electron chi connectivity index (χ1n) is 9.99. The van der Waals surface area contributed by atoms with Crippen LogP contribution in [0.5, 0.6) is 0 Å². The second-order valence-corrected chi connectivity index (χ2v) is 8.09. The maximum atomic E-state index is 12.8. The lowest BCUT2D eigenvalue weighted by Gasteiger charge is -2.24. The monoisotopic (exact) mass is 377 g/mol. The Balaban J connectivity index is 1.35. The molecule has 2 fully saturated rings. The molecule has 5 heteroatoms. The molecule has 3 atom stereocenters. The van der Waals surface area contributed by atoms with Crippen LogP contribution in [0, 0.1) is 11.8 Å². The van der Waals surface area contributed by atoms with Gasteiger partial charge in [-0.05, 0) is 46.9 Å². The number of nitrogens with zero attached hydrogens (tertiary/aromatic N) is 1. The molecular formula is C23H23NO4. The highest BCUT2D eigenvalue weighted by atomic mass is 16.6. The van der Waals surface area contributed by atoms with E-state index in [0.717, 1.165) is 30.4 Å². The summed E-state index contributed by atoms with van der Waals surface area (Å²) >= 11 is 0. The molecule has 1 heterocycles. The third-order valence-corrected chi connectivity index (χ3v) is 6.71. The molecule has 2 aliphatic carbocycles. The van der Waals surface area contributed by atoms with Gasteiger partial charge < -0.3 is 9.84 Å². The number of rotatable bonds is 3. The molecule has 0 bridgehead atoms. The van der Waals surface area contributed by atoms with E-state index in [1.54, 1.807) is 0 Å². The first-order valence-corrected chi connectivity index (χ1v) is 9.99. The Morgan fingerprint density at radius 3 is 2.29 bits per heavy atom. The fourth-order valence-corrected chi connectivity index (χ4v) is 5.49. The van der Waals surface area contributed by atoms with Crippen LogP contribution < -0.4 is 0 Å². The zero-order valence-corrected chi connectivity index (χ0v) is 15.6. The van der Waals surface area contributed by atoms with E-state index in [1.165, 1.54) is 16.0 Å². The minimum absolute atomic E-state index is 0.0123. The Morgan fingerprint density at radius 2 is 1.64 bits per heavy atom. The summed E-state index contributed by atoms with van der Waals surface area (Å²) in [4.78, 5) is 26.1. The number of hydrogen-bond donors (Lipinski definition) is 1. The number of carboxylic acid groups (broad SMARTS) is 1. The lowest BCUT2D eigenvalue weighted by molar-refractivity contribution is -0.143. The number of carbonyl (C=O) groups is 2. The van der Waals surface area contributed by atoms with Gasteiger partial charge in [-0.25, -0.2) is 9.59 Å². The molecule has 0 radical (unpaired) electrons. The number of likely N-dealkylation sites (tertiary alicyclic amines) is 1. The SMILES string of the molecule is O=C(O)[C@@H]1[C@H]2CCC[C@H]2CN1C(=O)OCC1c2ccccc2-c2ccccc21. The van der Waals surface area contributed by atoms with Gasteiger partial charge in [0.1, 0.15) is 12.6 Å². The first kappa shape index (κ1) is 17.3. The molecule has 5 nitrogen and oxygen atoms in total. The lowest BCUT2D eigenvalue weighted by Crippen LogP contribution is -2.43. The highest BCUT2D eigenvalue weighted by Crippen LogP contribution is 2.45. The number of fused-ring (bicyclic) bond motifs is 4. The van der Waals surface area contributed by atoms with E-state index in [9.17, 15) is 14.7 Å². The van der Waals surface area contributed by atoms with Crippen molar-refractivity contribution in [2.24, 2.45) is 11.8 Å². The van der Waals surface area contributed by atoms with Crippen molar-refractivity contribution in [1.29, 1.82) is 0 Å². The Morgan fingerprint density at radius 1 is 1.00 bits per heavy atom. The quantitative estimate of drug-likeness (QED) is 0.874. The number of aliphatic carboxylic acids is 1. The number of carbonyl (C=O) groups excluding carboxylic acids is 1. The zero-order valence-electron chi connectivity index (χ0n) is 15.6. The van der Waals surface area contributed by atoms with Gasteiger partial charge in [-0.1, -0.05) is 55.0 Å². The maximum Gasteiger partial charge on any atom is 0.410 e. The van der Waals surface area contributed by atoms with Gasteiger partial charge in [-0.2, -0.15) is 0 Å². The van der Waals surface area contributed by atoms with Crippen molar-refractivity contribution in [1.82, 2.24) is 4.90 Å².